The maximum atomic E-state index is 12.5. The van der Waals surface area contributed by atoms with Crippen molar-refractivity contribution in [1.82, 2.24) is 4.72 Å². The van der Waals surface area contributed by atoms with E-state index in [0.717, 1.165) is 29.3 Å². The van der Waals surface area contributed by atoms with E-state index in [1.54, 1.807) is 12.1 Å². The molecule has 1 N–H and O–H groups in total. The van der Waals surface area contributed by atoms with E-state index in [4.69, 9.17) is 11.6 Å². The van der Waals surface area contributed by atoms with Gasteiger partial charge in [0.05, 0.1) is 4.90 Å². The van der Waals surface area contributed by atoms with Gasteiger partial charge < -0.3 is 0 Å². The molecule has 0 spiro atoms. The number of alkyl halides is 1. The average molecular weight is 446 g/mol. The third-order valence-corrected chi connectivity index (χ3v) is 7.37. The van der Waals surface area contributed by atoms with E-state index in [0.29, 0.717) is 10.4 Å². The van der Waals surface area contributed by atoms with Gasteiger partial charge in [0.15, 0.2) is 0 Å². The van der Waals surface area contributed by atoms with Gasteiger partial charge >= 0.3 is 0 Å². The molecule has 1 aromatic rings. The lowest BCUT2D eigenvalue weighted by atomic mass is 10.1. The first-order valence-corrected chi connectivity index (χ1v) is 9.99. The monoisotopic (exact) mass is 443 g/mol. The first-order chi connectivity index (χ1) is 9.35. The molecule has 2 atom stereocenters. The van der Waals surface area contributed by atoms with Crippen molar-refractivity contribution in [3.8, 4) is 0 Å². The highest BCUT2D eigenvalue weighted by atomic mass is 79.9. The van der Waals surface area contributed by atoms with E-state index in [-0.39, 0.29) is 16.9 Å². The van der Waals surface area contributed by atoms with Gasteiger partial charge in [-0.05, 0) is 59.3 Å². The number of nitrogens with one attached hydrogen (secondary N) is 1. The van der Waals surface area contributed by atoms with Crippen molar-refractivity contribution in [3.63, 3.8) is 0 Å². The van der Waals surface area contributed by atoms with Crippen LogP contribution < -0.4 is 4.72 Å². The van der Waals surface area contributed by atoms with Crippen LogP contribution in [0.2, 0.25) is 0 Å². The summed E-state index contributed by atoms with van der Waals surface area (Å²) in [5, 5.41) is 0. The Hall–Kier alpha value is 0.380. The number of halogens is 3. The lowest BCUT2D eigenvalue weighted by molar-refractivity contribution is 0.480. The summed E-state index contributed by atoms with van der Waals surface area (Å²) >= 11 is 12.6. The second kappa shape index (κ2) is 6.65. The fourth-order valence-corrected chi connectivity index (χ4v) is 5.86. The first kappa shape index (κ1) is 16.7. The number of hydrogen-bond donors (Lipinski definition) is 1. The molecule has 1 aliphatic carbocycles. The predicted molar refractivity (Wildman–Crippen MR) is 88.7 cm³/mol. The van der Waals surface area contributed by atoms with Crippen LogP contribution in [-0.4, -0.2) is 20.3 Å². The summed E-state index contributed by atoms with van der Waals surface area (Å²) in [6.07, 6.45) is 2.85. The molecule has 0 aliphatic heterocycles. The van der Waals surface area contributed by atoms with Crippen LogP contribution in [0.1, 0.15) is 24.8 Å². The summed E-state index contributed by atoms with van der Waals surface area (Å²) in [6.45, 7) is 1.92. The van der Waals surface area contributed by atoms with Gasteiger partial charge in [0, 0.05) is 20.9 Å². The quantitative estimate of drug-likeness (QED) is 0.706. The highest BCUT2D eigenvalue weighted by Gasteiger charge is 2.31. The molecule has 2 unspecified atom stereocenters. The Morgan fingerprint density at radius 2 is 2.00 bits per heavy atom. The number of hydrogen-bond acceptors (Lipinski definition) is 2. The maximum Gasteiger partial charge on any atom is 0.241 e. The van der Waals surface area contributed by atoms with Crippen LogP contribution in [0.5, 0.6) is 0 Å². The normalized spacial score (nSPS) is 23.2. The van der Waals surface area contributed by atoms with Crippen LogP contribution in [0.25, 0.3) is 0 Å². The minimum Gasteiger partial charge on any atom is -0.208 e. The van der Waals surface area contributed by atoms with Crippen LogP contribution in [0.3, 0.4) is 0 Å². The number of rotatable bonds is 4. The van der Waals surface area contributed by atoms with Gasteiger partial charge in [0.1, 0.15) is 0 Å². The molecule has 0 aromatic heterocycles. The van der Waals surface area contributed by atoms with Crippen LogP contribution >= 0.6 is 43.5 Å². The standard InChI is InChI=1S/C13H16Br2ClNO2S/c1-8-5-11(15)13(6-10(8)14)20(18,19)17-12-4-2-3-9(12)7-16/h5-6,9,12,17H,2-4,7H2,1H3. The average Bonchev–Trinajstić information content (AvgIpc) is 2.80. The minimum atomic E-state index is -3.54. The molecule has 1 aromatic carbocycles. The molecule has 0 bridgehead atoms. The van der Waals surface area contributed by atoms with Crippen molar-refractivity contribution in [2.45, 2.75) is 37.1 Å². The molecule has 0 amide bonds. The SMILES string of the molecule is Cc1cc(Br)c(S(=O)(=O)NC2CCCC2CCl)cc1Br. The summed E-state index contributed by atoms with van der Waals surface area (Å²) in [6, 6.07) is 3.36. The Bertz CT molecular complexity index is 607. The topological polar surface area (TPSA) is 46.2 Å². The Morgan fingerprint density at radius 3 is 2.65 bits per heavy atom. The van der Waals surface area contributed by atoms with Gasteiger partial charge in [0.2, 0.25) is 10.0 Å². The number of benzene rings is 1. The fourth-order valence-electron chi connectivity index (χ4n) is 2.47. The van der Waals surface area contributed by atoms with Crippen molar-refractivity contribution in [3.05, 3.63) is 26.6 Å². The number of aryl methyl sites for hydroxylation is 1. The zero-order valence-electron chi connectivity index (χ0n) is 11.0. The third-order valence-electron chi connectivity index (χ3n) is 3.67. The highest BCUT2D eigenvalue weighted by molar-refractivity contribution is 9.11. The van der Waals surface area contributed by atoms with Gasteiger partial charge in [-0.25, -0.2) is 13.1 Å². The molecule has 0 saturated heterocycles. The van der Waals surface area contributed by atoms with E-state index in [1.165, 1.54) is 0 Å². The van der Waals surface area contributed by atoms with Crippen molar-refractivity contribution in [1.29, 1.82) is 0 Å². The minimum absolute atomic E-state index is 0.0653. The first-order valence-electron chi connectivity index (χ1n) is 6.39. The Balaban J connectivity index is 2.29. The Labute approximate surface area is 141 Å². The summed E-state index contributed by atoms with van der Waals surface area (Å²) in [4.78, 5) is 0.259. The highest BCUT2D eigenvalue weighted by Crippen LogP contribution is 2.31. The summed E-state index contributed by atoms with van der Waals surface area (Å²) < 4.78 is 29.2. The zero-order valence-corrected chi connectivity index (χ0v) is 15.7. The van der Waals surface area contributed by atoms with Gasteiger partial charge in [-0.1, -0.05) is 22.4 Å². The van der Waals surface area contributed by atoms with Crippen LogP contribution in [-0.2, 0) is 10.0 Å². The van der Waals surface area contributed by atoms with Crippen molar-refractivity contribution < 1.29 is 8.42 Å². The lowest BCUT2D eigenvalue weighted by Gasteiger charge is -2.19. The molecule has 0 radical (unpaired) electrons. The van der Waals surface area contributed by atoms with Gasteiger partial charge in [-0.2, -0.15) is 0 Å². The zero-order chi connectivity index (χ0) is 14.9. The summed E-state index contributed by atoms with van der Waals surface area (Å²) in [7, 11) is -3.54. The molecule has 20 heavy (non-hydrogen) atoms. The molecule has 2 rings (SSSR count). The third kappa shape index (κ3) is 3.58. The summed E-state index contributed by atoms with van der Waals surface area (Å²) in [5.74, 6) is 0.713. The van der Waals surface area contributed by atoms with E-state index < -0.39 is 10.0 Å². The van der Waals surface area contributed by atoms with Crippen LogP contribution in [0.15, 0.2) is 26.0 Å². The van der Waals surface area contributed by atoms with Crippen LogP contribution in [0.4, 0.5) is 0 Å². The van der Waals surface area contributed by atoms with Crippen molar-refractivity contribution >= 4 is 53.5 Å². The molecule has 1 saturated carbocycles. The second-order valence-corrected chi connectivity index (χ2v) is 8.80. The molecule has 112 valence electrons. The van der Waals surface area contributed by atoms with Crippen LogP contribution in [0, 0.1) is 12.8 Å². The number of sulfonamides is 1. The molecule has 7 heteroatoms. The molecule has 1 fully saturated rings. The van der Waals surface area contributed by atoms with E-state index in [9.17, 15) is 8.42 Å². The van der Waals surface area contributed by atoms with Crippen molar-refractivity contribution in [2.75, 3.05) is 5.88 Å². The molecule has 1 aliphatic rings. The summed E-state index contributed by atoms with van der Waals surface area (Å²) in [5.41, 5.74) is 0.982. The largest absolute Gasteiger partial charge is 0.241 e. The maximum absolute atomic E-state index is 12.5. The van der Waals surface area contributed by atoms with E-state index >= 15 is 0 Å². The second-order valence-electron chi connectivity index (χ2n) is 5.10. The fraction of sp³-hybridized carbons (Fsp3) is 0.538. The molecular formula is C13H16Br2ClNO2S. The van der Waals surface area contributed by atoms with Gasteiger partial charge in [0.25, 0.3) is 0 Å². The Morgan fingerprint density at radius 1 is 1.30 bits per heavy atom. The Kier molecular flexibility index (Phi) is 5.57. The van der Waals surface area contributed by atoms with E-state index in [2.05, 4.69) is 36.6 Å². The molecule has 0 heterocycles. The molecular weight excluding hydrogens is 429 g/mol. The molecule has 3 nitrogen and oxygen atoms in total. The van der Waals surface area contributed by atoms with E-state index in [1.807, 2.05) is 6.92 Å². The van der Waals surface area contributed by atoms with Gasteiger partial charge in [-0.15, -0.1) is 11.6 Å². The van der Waals surface area contributed by atoms with Crippen molar-refractivity contribution in [2.24, 2.45) is 5.92 Å². The van der Waals surface area contributed by atoms with Gasteiger partial charge in [-0.3, -0.25) is 0 Å². The predicted octanol–water partition coefficient (Wildman–Crippen LogP) is 4.21. The lowest BCUT2D eigenvalue weighted by Crippen LogP contribution is -2.38. The smallest absolute Gasteiger partial charge is 0.208 e.